The predicted octanol–water partition coefficient (Wildman–Crippen LogP) is 1.75. The van der Waals surface area contributed by atoms with Crippen LogP contribution in [0.15, 0.2) is 24.3 Å². The Morgan fingerprint density at radius 3 is 3.00 bits per heavy atom. The van der Waals surface area contributed by atoms with Crippen molar-refractivity contribution in [2.45, 2.75) is 6.42 Å². The number of benzene rings is 1. The van der Waals surface area contributed by atoms with Crippen LogP contribution in [0.5, 0.6) is 5.75 Å². The lowest BCUT2D eigenvalue weighted by Gasteiger charge is -2.05. The second-order valence-corrected chi connectivity index (χ2v) is 3.86. The van der Waals surface area contributed by atoms with Crippen LogP contribution in [0.2, 0.25) is 0 Å². The molecule has 0 fully saturated rings. The molecule has 0 saturated carbocycles. The van der Waals surface area contributed by atoms with E-state index < -0.39 is 0 Å². The van der Waals surface area contributed by atoms with Gasteiger partial charge in [-0.3, -0.25) is 4.79 Å². The summed E-state index contributed by atoms with van der Waals surface area (Å²) in [6.07, 6.45) is 0.393. The standard InChI is InChI=1S/C11H14BrNO2/c1-15-10-4-2-3-9(7-10)8-11(14)13-6-5-12/h2-4,7H,5-6,8H2,1H3,(H,13,14). The highest BCUT2D eigenvalue weighted by atomic mass is 79.9. The number of nitrogens with one attached hydrogen (secondary N) is 1. The number of alkyl halides is 1. The maximum Gasteiger partial charge on any atom is 0.224 e. The van der Waals surface area contributed by atoms with Crippen LogP contribution in [0.25, 0.3) is 0 Å². The highest BCUT2D eigenvalue weighted by molar-refractivity contribution is 9.09. The Morgan fingerprint density at radius 2 is 2.33 bits per heavy atom. The molecule has 0 aromatic heterocycles. The number of hydrogen-bond acceptors (Lipinski definition) is 2. The van der Waals surface area contributed by atoms with Gasteiger partial charge in [0, 0.05) is 11.9 Å². The molecule has 1 rings (SSSR count). The van der Waals surface area contributed by atoms with Crippen molar-refractivity contribution in [3.05, 3.63) is 29.8 Å². The maximum atomic E-state index is 11.4. The third-order valence-electron chi connectivity index (χ3n) is 1.92. The first-order chi connectivity index (χ1) is 7.26. The Kier molecular flexibility index (Phi) is 5.18. The molecule has 0 aliphatic heterocycles. The molecule has 0 spiro atoms. The zero-order valence-electron chi connectivity index (χ0n) is 8.63. The molecular formula is C11H14BrNO2. The summed E-state index contributed by atoms with van der Waals surface area (Å²) in [6, 6.07) is 7.52. The van der Waals surface area contributed by atoms with Crippen LogP contribution in [0.4, 0.5) is 0 Å². The summed E-state index contributed by atoms with van der Waals surface area (Å²) in [4.78, 5) is 11.4. The molecule has 0 saturated heterocycles. The first-order valence-corrected chi connectivity index (χ1v) is 5.84. The monoisotopic (exact) mass is 271 g/mol. The molecule has 1 aromatic carbocycles. The number of hydrogen-bond donors (Lipinski definition) is 1. The van der Waals surface area contributed by atoms with E-state index in [1.165, 1.54) is 0 Å². The smallest absolute Gasteiger partial charge is 0.224 e. The van der Waals surface area contributed by atoms with Crippen molar-refractivity contribution in [1.29, 1.82) is 0 Å². The first-order valence-electron chi connectivity index (χ1n) is 4.72. The summed E-state index contributed by atoms with van der Waals surface area (Å²) in [5.41, 5.74) is 0.960. The fraction of sp³-hybridized carbons (Fsp3) is 0.364. The van der Waals surface area contributed by atoms with Gasteiger partial charge in [-0.15, -0.1) is 0 Å². The molecular weight excluding hydrogens is 258 g/mol. The first kappa shape index (κ1) is 12.0. The number of carbonyl (C=O) groups is 1. The van der Waals surface area contributed by atoms with Gasteiger partial charge in [-0.05, 0) is 17.7 Å². The van der Waals surface area contributed by atoms with Gasteiger partial charge in [-0.25, -0.2) is 0 Å². The van der Waals surface area contributed by atoms with E-state index in [-0.39, 0.29) is 5.91 Å². The summed E-state index contributed by atoms with van der Waals surface area (Å²) in [5, 5.41) is 3.57. The molecule has 15 heavy (non-hydrogen) atoms. The van der Waals surface area contributed by atoms with Gasteiger partial charge in [0.05, 0.1) is 13.5 Å². The van der Waals surface area contributed by atoms with Crippen LogP contribution in [0.1, 0.15) is 5.56 Å². The van der Waals surface area contributed by atoms with Gasteiger partial charge in [-0.1, -0.05) is 28.1 Å². The molecule has 0 heterocycles. The van der Waals surface area contributed by atoms with Gasteiger partial charge >= 0.3 is 0 Å². The lowest BCUT2D eigenvalue weighted by Crippen LogP contribution is -2.26. The van der Waals surface area contributed by atoms with Crippen molar-refractivity contribution < 1.29 is 9.53 Å². The van der Waals surface area contributed by atoms with Crippen LogP contribution < -0.4 is 10.1 Å². The van der Waals surface area contributed by atoms with E-state index >= 15 is 0 Å². The molecule has 0 unspecified atom stereocenters. The lowest BCUT2D eigenvalue weighted by atomic mass is 10.1. The molecule has 1 N–H and O–H groups in total. The Balaban J connectivity index is 2.52. The van der Waals surface area contributed by atoms with Crippen molar-refractivity contribution in [3.63, 3.8) is 0 Å². The van der Waals surface area contributed by atoms with E-state index in [2.05, 4.69) is 21.2 Å². The number of rotatable bonds is 5. The predicted molar refractivity (Wildman–Crippen MR) is 63.5 cm³/mol. The fourth-order valence-electron chi connectivity index (χ4n) is 1.22. The molecule has 4 heteroatoms. The maximum absolute atomic E-state index is 11.4. The number of halogens is 1. The second-order valence-electron chi connectivity index (χ2n) is 3.07. The molecule has 0 aliphatic rings. The summed E-state index contributed by atoms with van der Waals surface area (Å²) in [6.45, 7) is 0.656. The SMILES string of the molecule is COc1cccc(CC(=O)NCCBr)c1. The van der Waals surface area contributed by atoms with Gasteiger partial charge < -0.3 is 10.1 Å². The molecule has 1 aromatic rings. The summed E-state index contributed by atoms with van der Waals surface area (Å²) < 4.78 is 5.08. The van der Waals surface area contributed by atoms with Crippen molar-refractivity contribution in [2.24, 2.45) is 0 Å². The van der Waals surface area contributed by atoms with Crippen LogP contribution in [0, 0.1) is 0 Å². The minimum Gasteiger partial charge on any atom is -0.497 e. The summed E-state index contributed by atoms with van der Waals surface area (Å²) >= 11 is 3.25. The minimum absolute atomic E-state index is 0.0303. The van der Waals surface area contributed by atoms with Crippen molar-refractivity contribution in [1.82, 2.24) is 5.32 Å². The summed E-state index contributed by atoms with van der Waals surface area (Å²) in [5.74, 6) is 0.809. The third-order valence-corrected chi connectivity index (χ3v) is 2.31. The molecule has 0 atom stereocenters. The Hall–Kier alpha value is -1.03. The minimum atomic E-state index is 0.0303. The number of methoxy groups -OCH3 is 1. The van der Waals surface area contributed by atoms with E-state index in [9.17, 15) is 4.79 Å². The van der Waals surface area contributed by atoms with Gasteiger partial charge in [0.15, 0.2) is 0 Å². The highest BCUT2D eigenvalue weighted by Gasteiger charge is 2.02. The van der Waals surface area contributed by atoms with Gasteiger partial charge in [-0.2, -0.15) is 0 Å². The molecule has 0 aliphatic carbocycles. The highest BCUT2D eigenvalue weighted by Crippen LogP contribution is 2.12. The molecule has 0 bridgehead atoms. The largest absolute Gasteiger partial charge is 0.497 e. The zero-order chi connectivity index (χ0) is 11.1. The lowest BCUT2D eigenvalue weighted by molar-refractivity contribution is -0.120. The van der Waals surface area contributed by atoms with Gasteiger partial charge in [0.1, 0.15) is 5.75 Å². The van der Waals surface area contributed by atoms with Gasteiger partial charge in [0.25, 0.3) is 0 Å². The van der Waals surface area contributed by atoms with Gasteiger partial charge in [0.2, 0.25) is 5.91 Å². The Labute approximate surface area is 97.9 Å². The normalized spacial score (nSPS) is 9.73. The van der Waals surface area contributed by atoms with Crippen molar-refractivity contribution in [2.75, 3.05) is 19.0 Å². The molecule has 82 valence electrons. The van der Waals surface area contributed by atoms with Crippen LogP contribution in [0.3, 0.4) is 0 Å². The zero-order valence-corrected chi connectivity index (χ0v) is 10.2. The third kappa shape index (κ3) is 4.34. The van der Waals surface area contributed by atoms with E-state index in [0.717, 1.165) is 16.6 Å². The quantitative estimate of drug-likeness (QED) is 0.829. The van der Waals surface area contributed by atoms with Crippen LogP contribution in [-0.2, 0) is 11.2 Å². The average molecular weight is 272 g/mol. The molecule has 0 radical (unpaired) electrons. The topological polar surface area (TPSA) is 38.3 Å². The Morgan fingerprint density at radius 1 is 1.53 bits per heavy atom. The van der Waals surface area contributed by atoms with E-state index in [0.29, 0.717) is 13.0 Å². The average Bonchev–Trinajstić information content (AvgIpc) is 2.26. The summed E-state index contributed by atoms with van der Waals surface area (Å²) in [7, 11) is 1.62. The van der Waals surface area contributed by atoms with Crippen molar-refractivity contribution >= 4 is 21.8 Å². The Bertz CT molecular complexity index is 328. The second kappa shape index (κ2) is 6.45. The molecule has 1 amide bonds. The van der Waals surface area contributed by atoms with Crippen LogP contribution in [-0.4, -0.2) is 24.9 Å². The van der Waals surface area contributed by atoms with Crippen molar-refractivity contribution in [3.8, 4) is 5.75 Å². The van der Waals surface area contributed by atoms with E-state index in [1.807, 2.05) is 24.3 Å². The van der Waals surface area contributed by atoms with E-state index in [4.69, 9.17) is 4.74 Å². The number of amides is 1. The molecule has 3 nitrogen and oxygen atoms in total. The van der Waals surface area contributed by atoms with E-state index in [1.54, 1.807) is 7.11 Å². The van der Waals surface area contributed by atoms with Crippen LogP contribution >= 0.6 is 15.9 Å². The number of carbonyl (C=O) groups excluding carboxylic acids is 1. The number of ether oxygens (including phenoxy) is 1. The fourth-order valence-corrected chi connectivity index (χ4v) is 1.42.